The lowest BCUT2D eigenvalue weighted by Gasteiger charge is -2.17. The van der Waals surface area contributed by atoms with Gasteiger partial charge >= 0.3 is 0 Å². The van der Waals surface area contributed by atoms with E-state index in [9.17, 15) is 18.4 Å². The number of nitrogens with zero attached hydrogens (tertiary/aromatic N) is 1. The van der Waals surface area contributed by atoms with Crippen LogP contribution in [0.25, 0.3) is 22.4 Å². The molecule has 9 heteroatoms. The third-order valence-corrected chi connectivity index (χ3v) is 5.52. The van der Waals surface area contributed by atoms with E-state index >= 15 is 0 Å². The summed E-state index contributed by atoms with van der Waals surface area (Å²) in [6, 6.07) is 8.28. The van der Waals surface area contributed by atoms with Crippen LogP contribution in [0.3, 0.4) is 0 Å². The van der Waals surface area contributed by atoms with Crippen molar-refractivity contribution in [3.8, 4) is 11.4 Å². The maximum atomic E-state index is 14.0. The predicted molar refractivity (Wildman–Crippen MR) is 116 cm³/mol. The predicted octanol–water partition coefficient (Wildman–Crippen LogP) is 3.48. The van der Waals surface area contributed by atoms with Crippen LogP contribution in [-0.4, -0.2) is 26.9 Å². The van der Waals surface area contributed by atoms with E-state index in [4.69, 9.17) is 0 Å². The van der Waals surface area contributed by atoms with Crippen LogP contribution in [0.2, 0.25) is 0 Å². The summed E-state index contributed by atoms with van der Waals surface area (Å²) in [5.74, 6) is -0.795. The van der Waals surface area contributed by atoms with Gasteiger partial charge in [-0.2, -0.15) is 0 Å². The molecule has 0 bridgehead atoms. The Hall–Kier alpha value is -4.01. The number of H-pyrrole nitrogens is 2. The highest BCUT2D eigenvalue weighted by Gasteiger charge is 2.22. The molecule has 2 aromatic carbocycles. The lowest BCUT2D eigenvalue weighted by atomic mass is 10.1. The van der Waals surface area contributed by atoms with Crippen molar-refractivity contribution in [2.75, 3.05) is 5.32 Å². The number of anilines is 1. The molecule has 2 aromatic heterocycles. The molecule has 1 aliphatic heterocycles. The second-order valence-electron chi connectivity index (χ2n) is 7.88. The van der Waals surface area contributed by atoms with Crippen LogP contribution in [0.4, 0.5) is 14.5 Å². The Balaban J connectivity index is 1.49. The lowest BCUT2D eigenvalue weighted by molar-refractivity contribution is 0.0966. The molecule has 0 saturated heterocycles. The van der Waals surface area contributed by atoms with Gasteiger partial charge < -0.3 is 20.6 Å². The molecular formula is C23H19F2N5O2. The summed E-state index contributed by atoms with van der Waals surface area (Å²) in [5, 5.41) is 5.98. The Labute approximate surface area is 180 Å². The van der Waals surface area contributed by atoms with E-state index in [2.05, 4.69) is 25.6 Å². The van der Waals surface area contributed by atoms with Crippen molar-refractivity contribution in [1.82, 2.24) is 20.3 Å². The van der Waals surface area contributed by atoms with E-state index in [1.54, 1.807) is 12.1 Å². The van der Waals surface area contributed by atoms with E-state index in [1.165, 1.54) is 12.3 Å². The first kappa shape index (κ1) is 19.9. The number of rotatable bonds is 5. The molecule has 0 spiro atoms. The quantitative estimate of drug-likeness (QED) is 0.385. The van der Waals surface area contributed by atoms with Gasteiger partial charge in [0.15, 0.2) is 0 Å². The van der Waals surface area contributed by atoms with Crippen molar-refractivity contribution >= 4 is 22.6 Å². The van der Waals surface area contributed by atoms with Crippen LogP contribution < -0.4 is 16.2 Å². The molecule has 0 unspecified atom stereocenters. The van der Waals surface area contributed by atoms with Gasteiger partial charge in [-0.15, -0.1) is 0 Å². The average Bonchev–Trinajstić information content (AvgIpc) is 3.32. The number of aromatic amines is 2. The summed E-state index contributed by atoms with van der Waals surface area (Å²) < 4.78 is 27.5. The molecule has 4 N–H and O–H groups in total. The molecule has 5 rings (SSSR count). The number of nitrogens with one attached hydrogen (secondary N) is 4. The summed E-state index contributed by atoms with van der Waals surface area (Å²) in [5.41, 5.74) is 3.39. The van der Waals surface area contributed by atoms with Crippen molar-refractivity contribution in [2.45, 2.75) is 25.9 Å². The van der Waals surface area contributed by atoms with Gasteiger partial charge in [0.2, 0.25) is 0 Å². The van der Waals surface area contributed by atoms with Gasteiger partial charge in [-0.05, 0) is 60.9 Å². The molecule has 4 aromatic rings. The normalized spacial score (nSPS) is 13.8. The number of imidazole rings is 1. The van der Waals surface area contributed by atoms with Crippen LogP contribution in [0.15, 0.2) is 47.4 Å². The third-order valence-electron chi connectivity index (χ3n) is 5.52. The van der Waals surface area contributed by atoms with Crippen molar-refractivity contribution in [2.24, 2.45) is 0 Å². The van der Waals surface area contributed by atoms with Crippen LogP contribution in [0.5, 0.6) is 0 Å². The van der Waals surface area contributed by atoms with Gasteiger partial charge in [-0.25, -0.2) is 13.8 Å². The summed E-state index contributed by atoms with van der Waals surface area (Å²) in [6.45, 7) is 2.27. The molecule has 3 heterocycles. The van der Waals surface area contributed by atoms with E-state index in [1.807, 2.05) is 13.0 Å². The van der Waals surface area contributed by atoms with Crippen molar-refractivity contribution in [3.05, 3.63) is 81.3 Å². The number of halogens is 2. The highest BCUT2D eigenvalue weighted by molar-refractivity contribution is 6.01. The van der Waals surface area contributed by atoms with Crippen molar-refractivity contribution < 1.29 is 13.6 Å². The molecule has 0 fully saturated rings. The maximum Gasteiger partial charge on any atom is 0.261 e. The van der Waals surface area contributed by atoms with Gasteiger partial charge in [0.05, 0.1) is 16.7 Å². The number of carbonyl (C=O) groups is 1. The molecule has 0 radical (unpaired) electrons. The van der Waals surface area contributed by atoms with Crippen LogP contribution in [-0.2, 0) is 13.0 Å². The molecule has 7 nitrogen and oxygen atoms in total. The zero-order chi connectivity index (χ0) is 22.4. The zero-order valence-electron chi connectivity index (χ0n) is 17.1. The third kappa shape index (κ3) is 3.51. The number of fused-ring (bicyclic) bond motifs is 2. The highest BCUT2D eigenvalue weighted by Crippen LogP contribution is 2.28. The number of aromatic nitrogens is 3. The van der Waals surface area contributed by atoms with Gasteiger partial charge in [-0.3, -0.25) is 9.59 Å². The number of carbonyl (C=O) groups excluding carboxylic acids is 1. The molecule has 32 heavy (non-hydrogen) atoms. The molecule has 1 aliphatic rings. The van der Waals surface area contributed by atoms with Gasteiger partial charge in [-0.1, -0.05) is 0 Å². The summed E-state index contributed by atoms with van der Waals surface area (Å²) >= 11 is 0. The van der Waals surface area contributed by atoms with Gasteiger partial charge in [0.25, 0.3) is 11.5 Å². The number of hydrogen-bond donors (Lipinski definition) is 4. The first-order chi connectivity index (χ1) is 15.4. The van der Waals surface area contributed by atoms with Crippen molar-refractivity contribution in [3.63, 3.8) is 0 Å². The number of pyridine rings is 1. The summed E-state index contributed by atoms with van der Waals surface area (Å²) in [7, 11) is 0. The number of benzene rings is 2. The van der Waals surface area contributed by atoms with E-state index in [-0.39, 0.29) is 29.5 Å². The fourth-order valence-corrected chi connectivity index (χ4v) is 4.03. The fourth-order valence-electron chi connectivity index (χ4n) is 4.03. The highest BCUT2D eigenvalue weighted by atomic mass is 19.1. The molecule has 1 atom stereocenters. The fraction of sp³-hybridized carbons (Fsp3) is 0.174. The summed E-state index contributed by atoms with van der Waals surface area (Å²) in [4.78, 5) is 35.0. The zero-order valence-corrected chi connectivity index (χ0v) is 17.1. The number of amides is 1. The minimum atomic E-state index is -0.506. The number of hydrogen-bond acceptors (Lipinski definition) is 4. The first-order valence-electron chi connectivity index (χ1n) is 10.1. The lowest BCUT2D eigenvalue weighted by Crippen LogP contribution is -2.22. The Morgan fingerprint density at radius 2 is 2.00 bits per heavy atom. The second kappa shape index (κ2) is 7.60. The topological polar surface area (TPSA) is 103 Å². The molecule has 0 aliphatic carbocycles. The monoisotopic (exact) mass is 435 g/mol. The second-order valence-corrected chi connectivity index (χ2v) is 7.88. The minimum Gasteiger partial charge on any atom is -0.381 e. The van der Waals surface area contributed by atoms with Gasteiger partial charge in [0, 0.05) is 24.3 Å². The van der Waals surface area contributed by atoms with Crippen LogP contribution in [0, 0.1) is 11.6 Å². The Morgan fingerprint density at radius 1 is 1.16 bits per heavy atom. The smallest absolute Gasteiger partial charge is 0.261 e. The first-order valence-corrected chi connectivity index (χ1v) is 10.1. The van der Waals surface area contributed by atoms with Gasteiger partial charge in [0.1, 0.15) is 23.0 Å². The van der Waals surface area contributed by atoms with E-state index in [0.717, 1.165) is 17.7 Å². The largest absolute Gasteiger partial charge is 0.381 e. The molecule has 162 valence electrons. The Morgan fingerprint density at radius 3 is 2.84 bits per heavy atom. The van der Waals surface area contributed by atoms with E-state index < -0.39 is 11.6 Å². The molecule has 1 amide bonds. The van der Waals surface area contributed by atoms with Crippen LogP contribution >= 0.6 is 0 Å². The molecule has 0 saturated carbocycles. The van der Waals surface area contributed by atoms with E-state index in [0.29, 0.717) is 40.2 Å². The molecular weight excluding hydrogens is 416 g/mol. The average molecular weight is 435 g/mol. The SMILES string of the molecule is C[C@@H](Cc1cc(F)ccc1F)Nc1cc[nH]c(=O)c1-c1nc2cc3c(cc2[nH]1)CNC3=O. The summed E-state index contributed by atoms with van der Waals surface area (Å²) in [6.07, 6.45) is 1.73. The minimum absolute atomic E-state index is 0.148. The standard InChI is InChI=1S/C23H19F2N5O2/c1-11(6-12-7-14(24)2-3-16(12)25)28-17-4-5-26-23(32)20(17)21-29-18-8-13-10-27-22(31)15(13)9-19(18)30-21/h2-5,7-9,11H,6,10H2,1H3,(H,27,31)(H,29,30)(H2,26,28,32)/t11-/m0/s1. The van der Waals surface area contributed by atoms with Crippen LogP contribution in [0.1, 0.15) is 28.4 Å². The maximum absolute atomic E-state index is 14.0. The van der Waals surface area contributed by atoms with Crippen molar-refractivity contribution in [1.29, 1.82) is 0 Å². The Kier molecular flexibility index (Phi) is 4.73. The Bertz CT molecular complexity index is 1430.